The van der Waals surface area contributed by atoms with Crippen molar-refractivity contribution in [2.75, 3.05) is 18.6 Å². The van der Waals surface area contributed by atoms with E-state index < -0.39 is 0 Å². The van der Waals surface area contributed by atoms with Crippen molar-refractivity contribution >= 4 is 17.6 Å². The Hall–Kier alpha value is -0.810. The summed E-state index contributed by atoms with van der Waals surface area (Å²) in [6.07, 6.45) is 10.3. The number of aromatic nitrogens is 2. The quantitative estimate of drug-likeness (QED) is 0.648. The number of nitrogens with one attached hydrogen (secondary N) is 1. The first-order valence-electron chi connectivity index (χ1n) is 6.60. The lowest BCUT2D eigenvalue weighted by Crippen LogP contribution is -2.25. The molecule has 0 amide bonds. The fourth-order valence-electron chi connectivity index (χ4n) is 2.66. The lowest BCUT2D eigenvalue weighted by atomic mass is 9.82. The van der Waals surface area contributed by atoms with Crippen molar-refractivity contribution in [3.05, 3.63) is 11.8 Å². The minimum Gasteiger partial charge on any atom is -0.373 e. The third-order valence-corrected chi connectivity index (χ3v) is 4.29. The molecule has 0 saturated heterocycles. The topological polar surface area (TPSA) is 63.8 Å². The van der Waals surface area contributed by atoms with Crippen LogP contribution in [0.25, 0.3) is 0 Å². The number of nitrogens with zero attached hydrogens (tertiary/aromatic N) is 2. The summed E-state index contributed by atoms with van der Waals surface area (Å²) in [6, 6.07) is 0.0589. The summed E-state index contributed by atoms with van der Waals surface area (Å²) >= 11 is 1.55. The summed E-state index contributed by atoms with van der Waals surface area (Å²) in [7, 11) is 1.89. The van der Waals surface area contributed by atoms with Crippen LogP contribution in [0.5, 0.6) is 0 Å². The van der Waals surface area contributed by atoms with Crippen molar-refractivity contribution in [2.45, 2.75) is 43.3 Å². The van der Waals surface area contributed by atoms with Gasteiger partial charge in [-0.3, -0.25) is 0 Å². The second kappa shape index (κ2) is 6.38. The lowest BCUT2D eigenvalue weighted by Gasteiger charge is -2.28. The van der Waals surface area contributed by atoms with Crippen LogP contribution in [-0.2, 0) is 0 Å². The molecular weight excluding hydrogens is 244 g/mol. The van der Waals surface area contributed by atoms with Crippen molar-refractivity contribution < 1.29 is 0 Å². The molecule has 1 aromatic heterocycles. The number of hydrogen-bond acceptors (Lipinski definition) is 5. The predicted molar refractivity (Wildman–Crippen MR) is 76.9 cm³/mol. The highest BCUT2D eigenvalue weighted by Gasteiger charge is 2.24. The minimum atomic E-state index is 0.0589. The van der Waals surface area contributed by atoms with Gasteiger partial charge in [0.05, 0.1) is 0 Å². The van der Waals surface area contributed by atoms with Gasteiger partial charge >= 0.3 is 0 Å². The monoisotopic (exact) mass is 266 g/mol. The summed E-state index contributed by atoms with van der Waals surface area (Å²) < 4.78 is 0. The van der Waals surface area contributed by atoms with Gasteiger partial charge in [-0.25, -0.2) is 9.97 Å². The summed E-state index contributed by atoms with van der Waals surface area (Å²) in [5.74, 6) is 1.46. The molecule has 1 heterocycles. The van der Waals surface area contributed by atoms with Crippen molar-refractivity contribution in [2.24, 2.45) is 11.7 Å². The van der Waals surface area contributed by atoms with Gasteiger partial charge in [-0.05, 0) is 25.0 Å². The first kappa shape index (κ1) is 13.6. The SMILES string of the molecule is CNc1nc(SC)ncc1C(N)C1CCCCC1. The molecule has 1 aliphatic rings. The molecule has 4 nitrogen and oxygen atoms in total. The van der Waals surface area contributed by atoms with Gasteiger partial charge in [-0.2, -0.15) is 0 Å². The lowest BCUT2D eigenvalue weighted by molar-refractivity contribution is 0.308. The van der Waals surface area contributed by atoms with Gasteiger partial charge < -0.3 is 11.1 Å². The van der Waals surface area contributed by atoms with Crippen LogP contribution >= 0.6 is 11.8 Å². The van der Waals surface area contributed by atoms with Crippen molar-refractivity contribution in [3.8, 4) is 0 Å². The number of nitrogens with two attached hydrogens (primary N) is 1. The fraction of sp³-hybridized carbons (Fsp3) is 0.692. The van der Waals surface area contributed by atoms with Crippen molar-refractivity contribution in [1.82, 2.24) is 9.97 Å². The van der Waals surface area contributed by atoms with Crippen LogP contribution < -0.4 is 11.1 Å². The van der Waals surface area contributed by atoms with Crippen LogP contribution in [0.4, 0.5) is 5.82 Å². The molecule has 1 fully saturated rings. The van der Waals surface area contributed by atoms with E-state index in [0.29, 0.717) is 5.92 Å². The van der Waals surface area contributed by atoms with E-state index >= 15 is 0 Å². The molecular formula is C13H22N4S. The third kappa shape index (κ3) is 2.95. The van der Waals surface area contributed by atoms with Gasteiger partial charge in [-0.1, -0.05) is 31.0 Å². The van der Waals surface area contributed by atoms with Crippen molar-refractivity contribution in [1.29, 1.82) is 0 Å². The Balaban J connectivity index is 2.20. The van der Waals surface area contributed by atoms with Gasteiger partial charge in [0.15, 0.2) is 5.16 Å². The van der Waals surface area contributed by atoms with E-state index in [4.69, 9.17) is 5.73 Å². The molecule has 5 heteroatoms. The van der Waals surface area contributed by atoms with Gasteiger partial charge in [0, 0.05) is 24.8 Å². The fourth-order valence-corrected chi connectivity index (χ4v) is 3.01. The molecule has 0 bridgehead atoms. The molecule has 18 heavy (non-hydrogen) atoms. The van der Waals surface area contributed by atoms with Gasteiger partial charge in [0.25, 0.3) is 0 Å². The van der Waals surface area contributed by atoms with E-state index in [9.17, 15) is 0 Å². The van der Waals surface area contributed by atoms with Crippen LogP contribution in [0, 0.1) is 5.92 Å². The molecule has 1 atom stereocenters. The van der Waals surface area contributed by atoms with E-state index in [-0.39, 0.29) is 6.04 Å². The van der Waals surface area contributed by atoms with E-state index in [0.717, 1.165) is 16.5 Å². The molecule has 1 unspecified atom stereocenters. The maximum Gasteiger partial charge on any atom is 0.189 e. The number of hydrogen-bond donors (Lipinski definition) is 2. The summed E-state index contributed by atoms with van der Waals surface area (Å²) in [5, 5.41) is 3.94. The van der Waals surface area contributed by atoms with Crippen LogP contribution in [0.15, 0.2) is 11.4 Å². The molecule has 0 radical (unpaired) electrons. The normalized spacial score (nSPS) is 18.6. The van der Waals surface area contributed by atoms with E-state index in [1.807, 2.05) is 19.5 Å². The van der Waals surface area contributed by atoms with Crippen LogP contribution in [-0.4, -0.2) is 23.3 Å². The number of thioether (sulfide) groups is 1. The smallest absolute Gasteiger partial charge is 0.189 e. The maximum absolute atomic E-state index is 6.41. The molecule has 100 valence electrons. The largest absolute Gasteiger partial charge is 0.373 e. The number of rotatable bonds is 4. The summed E-state index contributed by atoms with van der Waals surface area (Å²) in [4.78, 5) is 8.84. The standard InChI is InChI=1S/C13H22N4S/c1-15-12-10(8-16-13(17-12)18-2)11(14)9-6-4-3-5-7-9/h8-9,11H,3-7,14H2,1-2H3,(H,15,16,17). The summed E-state index contributed by atoms with van der Waals surface area (Å²) in [6.45, 7) is 0. The highest BCUT2D eigenvalue weighted by molar-refractivity contribution is 7.98. The zero-order valence-corrected chi connectivity index (χ0v) is 12.0. The van der Waals surface area contributed by atoms with E-state index in [1.165, 1.54) is 32.1 Å². The van der Waals surface area contributed by atoms with Gasteiger partial charge in [-0.15, -0.1) is 0 Å². The number of anilines is 1. The van der Waals surface area contributed by atoms with Gasteiger partial charge in [0.1, 0.15) is 5.82 Å². The van der Waals surface area contributed by atoms with Crippen molar-refractivity contribution in [3.63, 3.8) is 0 Å². The molecule has 3 N–H and O–H groups in total. The molecule has 2 rings (SSSR count). The Bertz CT molecular complexity index is 391. The predicted octanol–water partition coefficient (Wildman–Crippen LogP) is 2.82. The summed E-state index contributed by atoms with van der Waals surface area (Å²) in [5.41, 5.74) is 7.47. The molecule has 0 aromatic carbocycles. The molecule has 0 spiro atoms. The van der Waals surface area contributed by atoms with E-state index in [1.54, 1.807) is 11.8 Å². The Labute approximate surface area is 113 Å². The zero-order chi connectivity index (χ0) is 13.0. The Morgan fingerprint density at radius 2 is 2.11 bits per heavy atom. The maximum atomic E-state index is 6.41. The van der Waals surface area contributed by atoms with Crippen LogP contribution in [0.1, 0.15) is 43.7 Å². The highest BCUT2D eigenvalue weighted by Crippen LogP contribution is 2.35. The Kier molecular flexibility index (Phi) is 4.83. The third-order valence-electron chi connectivity index (χ3n) is 3.73. The van der Waals surface area contributed by atoms with Crippen LogP contribution in [0.2, 0.25) is 0 Å². The minimum absolute atomic E-state index is 0.0589. The molecule has 1 aliphatic carbocycles. The average Bonchev–Trinajstić information content (AvgIpc) is 2.46. The first-order valence-corrected chi connectivity index (χ1v) is 7.83. The van der Waals surface area contributed by atoms with Gasteiger partial charge in [0.2, 0.25) is 0 Å². The first-order chi connectivity index (χ1) is 8.76. The highest BCUT2D eigenvalue weighted by atomic mass is 32.2. The Morgan fingerprint density at radius 3 is 2.72 bits per heavy atom. The molecule has 1 saturated carbocycles. The zero-order valence-electron chi connectivity index (χ0n) is 11.1. The average molecular weight is 266 g/mol. The van der Waals surface area contributed by atoms with E-state index in [2.05, 4.69) is 15.3 Å². The Morgan fingerprint density at radius 1 is 1.39 bits per heavy atom. The second-order valence-electron chi connectivity index (χ2n) is 4.83. The molecule has 0 aliphatic heterocycles. The second-order valence-corrected chi connectivity index (χ2v) is 5.61. The molecule has 1 aromatic rings. The van der Waals surface area contributed by atoms with Crippen LogP contribution in [0.3, 0.4) is 0 Å².